The zero-order chi connectivity index (χ0) is 10.4. The molecule has 0 fully saturated rings. The third-order valence-electron chi connectivity index (χ3n) is 0.930. The van der Waals surface area contributed by atoms with Crippen molar-refractivity contribution < 1.29 is 14.7 Å². The van der Waals surface area contributed by atoms with E-state index in [1.54, 1.807) is 0 Å². The molecule has 1 N–H and O–H groups in total. The molecule has 13 heavy (non-hydrogen) atoms. The summed E-state index contributed by atoms with van der Waals surface area (Å²) in [4.78, 5) is 20.7. The van der Waals surface area contributed by atoms with Crippen molar-refractivity contribution in [2.24, 2.45) is 5.92 Å². The first-order chi connectivity index (χ1) is 5.93. The van der Waals surface area contributed by atoms with E-state index in [-0.39, 0.29) is 5.78 Å². The van der Waals surface area contributed by atoms with Crippen LogP contribution in [-0.4, -0.2) is 16.7 Å². The van der Waals surface area contributed by atoms with Gasteiger partial charge in [0.25, 0.3) is 0 Å². The molecule has 72 valence electrons. The summed E-state index contributed by atoms with van der Waals surface area (Å²) in [5, 5.41) is 8.59. The molecule has 0 aromatic carbocycles. The lowest BCUT2D eigenvalue weighted by molar-refractivity contribution is -0.116. The van der Waals surface area contributed by atoms with Crippen LogP contribution in [0.1, 0.15) is 20.8 Å². The van der Waals surface area contributed by atoms with Gasteiger partial charge in [0.1, 0.15) is 0 Å². The Bertz CT molecular complexity index is 257. The van der Waals surface area contributed by atoms with E-state index < -0.39 is 11.5 Å². The lowest BCUT2D eigenvalue weighted by atomic mass is 10.1. The van der Waals surface area contributed by atoms with Gasteiger partial charge >= 0.3 is 0 Å². The second-order valence-corrected chi connectivity index (χ2v) is 3.36. The van der Waals surface area contributed by atoms with Gasteiger partial charge in [-0.2, -0.15) is 0 Å². The Morgan fingerprint density at radius 1 is 1.15 bits per heavy atom. The van der Waals surface area contributed by atoms with Crippen LogP contribution in [0.15, 0.2) is 24.0 Å². The highest BCUT2D eigenvalue weighted by atomic mass is 16.3. The maximum absolute atomic E-state index is 10.4. The summed E-state index contributed by atoms with van der Waals surface area (Å²) in [7, 11) is 0. The predicted octanol–water partition coefficient (Wildman–Crippen LogP) is 1.80. The van der Waals surface area contributed by atoms with Crippen LogP contribution in [0.4, 0.5) is 0 Å². The molecule has 1 aliphatic carbocycles. The van der Waals surface area contributed by atoms with Gasteiger partial charge in [-0.05, 0) is 18.1 Å². The average Bonchev–Trinajstić information content (AvgIpc) is 1.96. The quantitative estimate of drug-likeness (QED) is 0.581. The first-order valence-electron chi connectivity index (χ1n) is 4.10. The smallest absolute Gasteiger partial charge is 0.220 e. The second kappa shape index (κ2) is 5.30. The van der Waals surface area contributed by atoms with Crippen LogP contribution >= 0.6 is 0 Å². The molecule has 0 radical (unpaired) electrons. The third kappa shape index (κ3) is 5.84. The molecule has 0 saturated carbocycles. The van der Waals surface area contributed by atoms with Crippen molar-refractivity contribution in [1.82, 2.24) is 0 Å². The predicted molar refractivity (Wildman–Crippen MR) is 50.4 cm³/mol. The van der Waals surface area contributed by atoms with Crippen molar-refractivity contribution in [3.8, 4) is 0 Å². The maximum atomic E-state index is 10.4. The molecule has 0 unspecified atom stereocenters. The van der Waals surface area contributed by atoms with E-state index in [9.17, 15) is 9.59 Å². The topological polar surface area (TPSA) is 54.4 Å². The molecule has 0 saturated heterocycles. The Morgan fingerprint density at radius 2 is 1.62 bits per heavy atom. The van der Waals surface area contributed by atoms with Gasteiger partial charge in [-0.1, -0.05) is 20.8 Å². The van der Waals surface area contributed by atoms with Crippen molar-refractivity contribution >= 4 is 11.6 Å². The Morgan fingerprint density at radius 3 is 1.92 bits per heavy atom. The van der Waals surface area contributed by atoms with Crippen molar-refractivity contribution in [3.63, 3.8) is 0 Å². The zero-order valence-corrected chi connectivity index (χ0v) is 8.07. The van der Waals surface area contributed by atoms with Crippen LogP contribution in [0, 0.1) is 5.92 Å². The second-order valence-electron chi connectivity index (χ2n) is 3.36. The number of aliphatic hydroxyl groups is 1. The fourth-order valence-electron chi connectivity index (χ4n) is 0.497. The average molecular weight is 182 g/mol. The van der Waals surface area contributed by atoms with E-state index in [2.05, 4.69) is 20.8 Å². The summed E-state index contributed by atoms with van der Waals surface area (Å²) in [6.45, 7) is 6.50. The van der Waals surface area contributed by atoms with Crippen LogP contribution in [-0.2, 0) is 9.59 Å². The molecular formula is C10H14O3. The summed E-state index contributed by atoms with van der Waals surface area (Å²) in [5.74, 6) is -0.524. The molecule has 0 aromatic heterocycles. The highest BCUT2D eigenvalue weighted by molar-refractivity contribution is 6.15. The zero-order valence-electron chi connectivity index (χ0n) is 8.07. The summed E-state index contributed by atoms with van der Waals surface area (Å²) in [6, 6.07) is 0. The minimum atomic E-state index is -0.519. The summed E-state index contributed by atoms with van der Waals surface area (Å²) >= 11 is 0. The fraction of sp³-hybridized carbons (Fsp3) is 0.400. The molecular weight excluding hydrogens is 168 g/mol. The molecule has 1 rings (SSSR count). The highest BCUT2D eigenvalue weighted by Crippen LogP contribution is 1.99. The minimum Gasteiger partial charge on any atom is -0.504 e. The maximum Gasteiger partial charge on any atom is 0.220 e. The Kier molecular flexibility index (Phi) is 4.74. The number of rotatable bonds is 0. The Labute approximate surface area is 77.8 Å². The molecule has 1 aliphatic rings. The standard InChI is InChI=1S/C6H4O3.C4H10/c7-4-1-2-5(8)6(9)3-4;1-4(2)3/h1-3,9H;4H,1-3H3. The third-order valence-corrected chi connectivity index (χ3v) is 0.930. The first kappa shape index (κ1) is 11.6. The van der Waals surface area contributed by atoms with Gasteiger partial charge in [-0.25, -0.2) is 0 Å². The minimum absolute atomic E-state index is 0.355. The van der Waals surface area contributed by atoms with E-state index in [4.69, 9.17) is 5.11 Å². The van der Waals surface area contributed by atoms with Crippen LogP contribution in [0.3, 0.4) is 0 Å². The van der Waals surface area contributed by atoms with Crippen molar-refractivity contribution in [2.45, 2.75) is 20.8 Å². The van der Waals surface area contributed by atoms with E-state index in [0.717, 1.165) is 24.1 Å². The molecule has 0 atom stereocenters. The van der Waals surface area contributed by atoms with Gasteiger partial charge in [-0.3, -0.25) is 9.59 Å². The lowest BCUT2D eigenvalue weighted by Gasteiger charge is -1.95. The molecule has 3 heteroatoms. The van der Waals surface area contributed by atoms with Gasteiger partial charge in [0.2, 0.25) is 5.78 Å². The molecule has 0 heterocycles. The van der Waals surface area contributed by atoms with Crippen LogP contribution in [0.25, 0.3) is 0 Å². The molecule has 0 spiro atoms. The number of carbonyl (C=O) groups is 2. The number of allylic oxidation sites excluding steroid dienone is 3. The number of hydrogen-bond donors (Lipinski definition) is 1. The largest absolute Gasteiger partial charge is 0.504 e. The van der Waals surface area contributed by atoms with Crippen LogP contribution < -0.4 is 0 Å². The summed E-state index contributed by atoms with van der Waals surface area (Å²) in [5.41, 5.74) is 0. The monoisotopic (exact) mass is 182 g/mol. The van der Waals surface area contributed by atoms with Crippen LogP contribution in [0.2, 0.25) is 0 Å². The Balaban J connectivity index is 0.000000310. The van der Waals surface area contributed by atoms with Crippen LogP contribution in [0.5, 0.6) is 0 Å². The van der Waals surface area contributed by atoms with E-state index >= 15 is 0 Å². The molecule has 3 nitrogen and oxygen atoms in total. The summed E-state index contributed by atoms with van der Waals surface area (Å²) in [6.07, 6.45) is 3.04. The van der Waals surface area contributed by atoms with Crippen molar-refractivity contribution in [1.29, 1.82) is 0 Å². The van der Waals surface area contributed by atoms with E-state index in [1.165, 1.54) is 0 Å². The van der Waals surface area contributed by atoms with Gasteiger partial charge in [0.15, 0.2) is 11.5 Å². The SMILES string of the molecule is CC(C)C.O=C1C=CC(=O)C(O)=C1. The molecule has 0 amide bonds. The normalized spacial score (nSPS) is 15.2. The number of ketones is 2. The van der Waals surface area contributed by atoms with Gasteiger partial charge in [0, 0.05) is 6.08 Å². The Hall–Kier alpha value is -1.38. The van der Waals surface area contributed by atoms with Gasteiger partial charge in [-0.15, -0.1) is 0 Å². The number of aliphatic hydroxyl groups excluding tert-OH is 1. The van der Waals surface area contributed by atoms with Gasteiger partial charge < -0.3 is 5.11 Å². The number of carbonyl (C=O) groups excluding carboxylic acids is 2. The molecule has 0 bridgehead atoms. The molecule has 0 aromatic rings. The molecule has 0 aliphatic heterocycles. The van der Waals surface area contributed by atoms with Gasteiger partial charge in [0.05, 0.1) is 0 Å². The number of hydrogen-bond acceptors (Lipinski definition) is 3. The van der Waals surface area contributed by atoms with Crippen molar-refractivity contribution in [2.75, 3.05) is 0 Å². The first-order valence-corrected chi connectivity index (χ1v) is 4.10. The van der Waals surface area contributed by atoms with E-state index in [0.29, 0.717) is 0 Å². The van der Waals surface area contributed by atoms with E-state index in [1.807, 2.05) is 0 Å². The highest BCUT2D eigenvalue weighted by Gasteiger charge is 2.09. The summed E-state index contributed by atoms with van der Waals surface area (Å²) < 4.78 is 0. The van der Waals surface area contributed by atoms with Crippen molar-refractivity contribution in [3.05, 3.63) is 24.0 Å². The fourth-order valence-corrected chi connectivity index (χ4v) is 0.497. The lowest BCUT2D eigenvalue weighted by Crippen LogP contribution is -2.05.